The Morgan fingerprint density at radius 2 is 1.94 bits per heavy atom. The maximum atomic E-state index is 13.8. The van der Waals surface area contributed by atoms with E-state index in [-0.39, 0.29) is 36.3 Å². The molecule has 1 fully saturated rings. The van der Waals surface area contributed by atoms with E-state index in [1.807, 2.05) is 6.07 Å². The van der Waals surface area contributed by atoms with E-state index in [0.717, 1.165) is 16.6 Å². The Morgan fingerprint density at radius 3 is 2.68 bits per heavy atom. The molecule has 0 bridgehead atoms. The van der Waals surface area contributed by atoms with Gasteiger partial charge in [-0.15, -0.1) is 0 Å². The molecule has 31 heavy (non-hydrogen) atoms. The molecule has 3 aromatic rings. The summed E-state index contributed by atoms with van der Waals surface area (Å²) in [7, 11) is 0. The molecular weight excluding hydrogens is 472 g/mol. The lowest BCUT2D eigenvalue weighted by Gasteiger charge is -2.32. The van der Waals surface area contributed by atoms with Crippen molar-refractivity contribution >= 4 is 32.7 Å². The maximum absolute atomic E-state index is 13.8. The summed E-state index contributed by atoms with van der Waals surface area (Å²) >= 11 is 3.35. The Kier molecular flexibility index (Phi) is 6.31. The SMILES string of the molecule is O=C(CCn1cnc2ccc(Br)cc2c1=O)N1CCC(Oc2ccc(F)cc2F)CC1. The molecule has 1 aliphatic heterocycles. The van der Waals surface area contributed by atoms with E-state index in [1.54, 1.807) is 17.0 Å². The number of aromatic nitrogens is 2. The summed E-state index contributed by atoms with van der Waals surface area (Å²) in [6, 6.07) is 8.52. The zero-order chi connectivity index (χ0) is 22.0. The van der Waals surface area contributed by atoms with E-state index < -0.39 is 11.6 Å². The molecule has 1 amide bonds. The molecule has 0 saturated carbocycles. The minimum absolute atomic E-state index is 0.0148. The van der Waals surface area contributed by atoms with Crippen LogP contribution in [0.4, 0.5) is 8.78 Å². The lowest BCUT2D eigenvalue weighted by molar-refractivity contribution is -0.133. The van der Waals surface area contributed by atoms with E-state index in [2.05, 4.69) is 20.9 Å². The fourth-order valence-electron chi connectivity index (χ4n) is 3.64. The minimum atomic E-state index is -0.736. The van der Waals surface area contributed by atoms with E-state index in [4.69, 9.17) is 4.74 Å². The number of likely N-dealkylation sites (tertiary alicyclic amines) is 1. The number of piperidine rings is 1. The summed E-state index contributed by atoms with van der Waals surface area (Å²) in [5.74, 6) is -1.44. The lowest BCUT2D eigenvalue weighted by atomic mass is 10.1. The maximum Gasteiger partial charge on any atom is 0.261 e. The molecule has 1 saturated heterocycles. The zero-order valence-electron chi connectivity index (χ0n) is 16.6. The van der Waals surface area contributed by atoms with Crippen LogP contribution in [-0.4, -0.2) is 39.6 Å². The number of hydrogen-bond acceptors (Lipinski definition) is 4. The molecule has 0 N–H and O–H groups in total. The second-order valence-corrected chi connectivity index (χ2v) is 8.34. The van der Waals surface area contributed by atoms with E-state index >= 15 is 0 Å². The zero-order valence-corrected chi connectivity index (χ0v) is 18.1. The molecule has 0 aliphatic carbocycles. The average molecular weight is 492 g/mol. The van der Waals surface area contributed by atoms with Crippen molar-refractivity contribution in [1.82, 2.24) is 14.5 Å². The van der Waals surface area contributed by atoms with Crippen molar-refractivity contribution in [2.75, 3.05) is 13.1 Å². The number of nitrogens with zero attached hydrogens (tertiary/aromatic N) is 3. The summed E-state index contributed by atoms with van der Waals surface area (Å²) in [5, 5.41) is 0.496. The van der Waals surface area contributed by atoms with E-state index in [0.29, 0.717) is 36.8 Å². The van der Waals surface area contributed by atoms with Gasteiger partial charge >= 0.3 is 0 Å². The van der Waals surface area contributed by atoms with Crippen LogP contribution in [0.1, 0.15) is 19.3 Å². The van der Waals surface area contributed by atoms with Crippen LogP contribution in [0.5, 0.6) is 5.75 Å². The highest BCUT2D eigenvalue weighted by atomic mass is 79.9. The number of halogens is 3. The Balaban J connectivity index is 1.32. The number of amides is 1. The summed E-state index contributed by atoms with van der Waals surface area (Å²) in [6.07, 6.45) is 2.50. The van der Waals surface area contributed by atoms with Gasteiger partial charge in [0.15, 0.2) is 11.6 Å². The second kappa shape index (κ2) is 9.13. The van der Waals surface area contributed by atoms with Crippen LogP contribution >= 0.6 is 15.9 Å². The number of fused-ring (bicyclic) bond motifs is 1. The van der Waals surface area contributed by atoms with Crippen molar-refractivity contribution in [1.29, 1.82) is 0 Å². The molecule has 0 atom stereocenters. The van der Waals surface area contributed by atoms with Crippen molar-refractivity contribution in [2.24, 2.45) is 0 Å². The third-order valence-corrected chi connectivity index (χ3v) is 5.83. The number of rotatable bonds is 5. The fourth-order valence-corrected chi connectivity index (χ4v) is 4.00. The van der Waals surface area contributed by atoms with Crippen LogP contribution < -0.4 is 10.3 Å². The smallest absolute Gasteiger partial charge is 0.261 e. The standard InChI is InChI=1S/C22H20BrF2N3O3/c23-14-1-3-19-17(11-14)22(30)28(13-26-19)10-7-21(29)27-8-5-16(6-9-27)31-20-4-2-15(24)12-18(20)25/h1-4,11-13,16H,5-10H2. The van der Waals surface area contributed by atoms with Gasteiger partial charge in [-0.1, -0.05) is 15.9 Å². The lowest BCUT2D eigenvalue weighted by Crippen LogP contribution is -2.42. The highest BCUT2D eigenvalue weighted by Crippen LogP contribution is 2.23. The monoisotopic (exact) mass is 491 g/mol. The van der Waals surface area contributed by atoms with Crippen LogP contribution in [0.25, 0.3) is 10.9 Å². The van der Waals surface area contributed by atoms with Gasteiger partial charge in [0.25, 0.3) is 5.56 Å². The molecular formula is C22H20BrF2N3O3. The molecule has 0 unspecified atom stereocenters. The van der Waals surface area contributed by atoms with Gasteiger partial charge < -0.3 is 9.64 Å². The molecule has 2 aromatic carbocycles. The number of ether oxygens (including phenoxy) is 1. The first-order chi connectivity index (χ1) is 14.9. The highest BCUT2D eigenvalue weighted by Gasteiger charge is 2.24. The van der Waals surface area contributed by atoms with Gasteiger partial charge in [-0.3, -0.25) is 14.2 Å². The normalized spacial score (nSPS) is 14.7. The first kappa shape index (κ1) is 21.4. The summed E-state index contributed by atoms with van der Waals surface area (Å²) in [5.41, 5.74) is 0.419. The van der Waals surface area contributed by atoms with Crippen LogP contribution in [0, 0.1) is 11.6 Å². The first-order valence-corrected chi connectivity index (χ1v) is 10.7. The quantitative estimate of drug-likeness (QED) is 0.542. The third kappa shape index (κ3) is 4.92. The van der Waals surface area contributed by atoms with E-state index in [9.17, 15) is 18.4 Å². The number of carbonyl (C=O) groups excluding carboxylic acids is 1. The van der Waals surface area contributed by atoms with Gasteiger partial charge in [-0.25, -0.2) is 13.8 Å². The number of hydrogen-bond donors (Lipinski definition) is 0. The van der Waals surface area contributed by atoms with Crippen molar-refractivity contribution in [3.8, 4) is 5.75 Å². The Morgan fingerprint density at radius 1 is 1.16 bits per heavy atom. The molecule has 162 valence electrons. The molecule has 0 spiro atoms. The molecule has 6 nitrogen and oxygen atoms in total. The Bertz CT molecular complexity index is 1180. The van der Waals surface area contributed by atoms with Crippen molar-refractivity contribution in [2.45, 2.75) is 31.9 Å². The van der Waals surface area contributed by atoms with Gasteiger partial charge in [0.05, 0.1) is 17.2 Å². The highest BCUT2D eigenvalue weighted by molar-refractivity contribution is 9.10. The first-order valence-electron chi connectivity index (χ1n) is 9.95. The predicted octanol–water partition coefficient (Wildman–Crippen LogP) is 3.90. The molecule has 4 rings (SSSR count). The van der Waals surface area contributed by atoms with Crippen molar-refractivity contribution in [3.63, 3.8) is 0 Å². The molecule has 2 heterocycles. The van der Waals surface area contributed by atoms with Crippen LogP contribution in [-0.2, 0) is 11.3 Å². The predicted molar refractivity (Wildman–Crippen MR) is 115 cm³/mol. The van der Waals surface area contributed by atoms with Crippen molar-refractivity contribution < 1.29 is 18.3 Å². The Labute approximate surface area is 185 Å². The molecule has 9 heteroatoms. The minimum Gasteiger partial charge on any atom is -0.487 e. The summed E-state index contributed by atoms with van der Waals surface area (Å²) in [4.78, 5) is 31.2. The van der Waals surface area contributed by atoms with Gasteiger partial charge in [-0.2, -0.15) is 0 Å². The summed E-state index contributed by atoms with van der Waals surface area (Å²) < 4.78 is 34.6. The summed E-state index contributed by atoms with van der Waals surface area (Å²) in [6.45, 7) is 1.19. The Hall–Kier alpha value is -2.81. The van der Waals surface area contributed by atoms with Gasteiger partial charge in [0.1, 0.15) is 11.9 Å². The largest absolute Gasteiger partial charge is 0.487 e. The fraction of sp³-hybridized carbons (Fsp3) is 0.318. The van der Waals surface area contributed by atoms with Crippen LogP contribution in [0.2, 0.25) is 0 Å². The number of aryl methyl sites for hydroxylation is 1. The third-order valence-electron chi connectivity index (χ3n) is 5.33. The van der Waals surface area contributed by atoms with Gasteiger partial charge in [-0.05, 0) is 30.3 Å². The van der Waals surface area contributed by atoms with Crippen molar-refractivity contribution in [3.05, 3.63) is 69.2 Å². The van der Waals surface area contributed by atoms with Gasteiger partial charge in [0.2, 0.25) is 5.91 Å². The molecule has 1 aromatic heterocycles. The molecule has 0 radical (unpaired) electrons. The van der Waals surface area contributed by atoms with Crippen LogP contribution in [0.15, 0.2) is 52.0 Å². The van der Waals surface area contributed by atoms with Gasteiger partial charge in [0, 0.05) is 49.4 Å². The number of carbonyl (C=O) groups is 1. The second-order valence-electron chi connectivity index (χ2n) is 7.43. The number of benzene rings is 2. The average Bonchev–Trinajstić information content (AvgIpc) is 2.76. The molecule has 1 aliphatic rings. The van der Waals surface area contributed by atoms with Crippen LogP contribution in [0.3, 0.4) is 0 Å². The van der Waals surface area contributed by atoms with E-state index in [1.165, 1.54) is 17.0 Å². The topological polar surface area (TPSA) is 64.4 Å².